The highest BCUT2D eigenvalue weighted by atomic mass is 35.5. The number of hydrogen-bond acceptors (Lipinski definition) is 3. The van der Waals surface area contributed by atoms with E-state index in [1.807, 2.05) is 60.7 Å². The molecule has 4 aromatic rings. The van der Waals surface area contributed by atoms with Gasteiger partial charge < -0.3 is 9.47 Å². The highest BCUT2D eigenvalue weighted by Gasteiger charge is 2.24. The summed E-state index contributed by atoms with van der Waals surface area (Å²) in [5.41, 5.74) is 2.00. The van der Waals surface area contributed by atoms with Gasteiger partial charge in [0, 0.05) is 0 Å². The molecule has 0 saturated carbocycles. The Bertz CT molecular complexity index is 1170. The van der Waals surface area contributed by atoms with Crippen molar-refractivity contribution in [3.05, 3.63) is 83.9 Å². The summed E-state index contributed by atoms with van der Waals surface area (Å²) < 4.78 is 10.5. The van der Waals surface area contributed by atoms with Crippen LogP contribution < -0.4 is 9.47 Å². The van der Waals surface area contributed by atoms with Gasteiger partial charge in [-0.15, -0.1) is 23.2 Å². The maximum Gasteiger partial charge on any atom is 0.169 e. The molecule has 3 nitrogen and oxygen atoms in total. The Morgan fingerprint density at radius 2 is 1.03 bits per heavy atom. The van der Waals surface area contributed by atoms with Gasteiger partial charge >= 0.3 is 0 Å². The molecule has 0 aliphatic rings. The first-order valence-electron chi connectivity index (χ1n) is 10.4. The summed E-state index contributed by atoms with van der Waals surface area (Å²) in [6, 6.07) is 23.9. The van der Waals surface area contributed by atoms with E-state index in [9.17, 15) is 4.79 Å². The average Bonchev–Trinajstić information content (AvgIpc) is 2.82. The SMILES string of the molecule is COc1ccc2cc(CC(Cl)C(=O)C(Cl)Cc3ccc4cc(OC)ccc4c3)ccc2c1. The van der Waals surface area contributed by atoms with Crippen LogP contribution in [0.5, 0.6) is 11.5 Å². The number of Topliss-reactive ketones (excluding diaryl/α,β-unsaturated/α-hetero) is 1. The second-order valence-electron chi connectivity index (χ2n) is 7.84. The van der Waals surface area contributed by atoms with Crippen molar-refractivity contribution in [2.45, 2.75) is 23.6 Å². The van der Waals surface area contributed by atoms with E-state index in [2.05, 4.69) is 12.1 Å². The fourth-order valence-corrected chi connectivity index (χ4v) is 4.59. The molecule has 0 heterocycles. The van der Waals surface area contributed by atoms with Crippen LogP contribution in [0, 0.1) is 0 Å². The predicted octanol–water partition coefficient (Wildman–Crippen LogP) is 6.58. The third-order valence-electron chi connectivity index (χ3n) is 5.67. The summed E-state index contributed by atoms with van der Waals surface area (Å²) >= 11 is 13.0. The molecule has 0 bridgehead atoms. The standard InChI is InChI=1S/C27H24Cl2O3/c1-31-23-9-7-19-11-17(3-5-21(19)15-23)13-25(28)27(30)26(29)14-18-4-6-22-16-24(32-2)10-8-20(22)12-18/h3-12,15-16,25-26H,13-14H2,1-2H3. The minimum absolute atomic E-state index is 0.155. The van der Waals surface area contributed by atoms with Crippen LogP contribution in [0.4, 0.5) is 0 Å². The lowest BCUT2D eigenvalue weighted by atomic mass is 9.98. The zero-order valence-electron chi connectivity index (χ0n) is 18.0. The van der Waals surface area contributed by atoms with Crippen LogP contribution in [0.15, 0.2) is 72.8 Å². The van der Waals surface area contributed by atoms with Gasteiger partial charge in [0.2, 0.25) is 0 Å². The van der Waals surface area contributed by atoms with Crippen molar-refractivity contribution in [1.82, 2.24) is 0 Å². The summed E-state index contributed by atoms with van der Waals surface area (Å²) in [6.07, 6.45) is 0.867. The van der Waals surface area contributed by atoms with Gasteiger partial charge in [0.1, 0.15) is 11.5 Å². The molecule has 0 aliphatic carbocycles. The lowest BCUT2D eigenvalue weighted by molar-refractivity contribution is -0.118. The number of benzene rings is 4. The number of fused-ring (bicyclic) bond motifs is 2. The van der Waals surface area contributed by atoms with Gasteiger partial charge in [0.15, 0.2) is 5.78 Å². The molecular formula is C27H24Cl2O3. The van der Waals surface area contributed by atoms with E-state index >= 15 is 0 Å². The van der Waals surface area contributed by atoms with Crippen LogP contribution in [-0.2, 0) is 17.6 Å². The van der Waals surface area contributed by atoms with E-state index < -0.39 is 10.8 Å². The van der Waals surface area contributed by atoms with Gasteiger partial charge in [0.05, 0.1) is 25.0 Å². The molecule has 0 aliphatic heterocycles. The molecule has 4 rings (SSSR count). The van der Waals surface area contributed by atoms with Crippen LogP contribution in [0.25, 0.3) is 21.5 Å². The molecule has 0 amide bonds. The van der Waals surface area contributed by atoms with E-state index in [1.54, 1.807) is 14.2 Å². The molecule has 2 unspecified atom stereocenters. The Balaban J connectivity index is 1.43. The molecule has 4 aromatic carbocycles. The molecule has 0 aromatic heterocycles. The van der Waals surface area contributed by atoms with Crippen molar-refractivity contribution >= 4 is 50.5 Å². The monoisotopic (exact) mass is 466 g/mol. The Kier molecular flexibility index (Phi) is 6.88. The number of ketones is 1. The van der Waals surface area contributed by atoms with Crippen molar-refractivity contribution < 1.29 is 14.3 Å². The molecule has 32 heavy (non-hydrogen) atoms. The number of methoxy groups -OCH3 is 2. The topological polar surface area (TPSA) is 35.5 Å². The maximum atomic E-state index is 12.8. The largest absolute Gasteiger partial charge is 0.497 e. The summed E-state index contributed by atoms with van der Waals surface area (Å²) in [4.78, 5) is 12.8. The number of alkyl halides is 2. The molecule has 2 atom stereocenters. The van der Waals surface area contributed by atoms with Crippen molar-refractivity contribution in [2.75, 3.05) is 14.2 Å². The smallest absolute Gasteiger partial charge is 0.169 e. The minimum atomic E-state index is -0.682. The molecular weight excluding hydrogens is 443 g/mol. The van der Waals surface area contributed by atoms with Gasteiger partial charge in [-0.3, -0.25) is 4.79 Å². The van der Waals surface area contributed by atoms with Gasteiger partial charge in [-0.2, -0.15) is 0 Å². The van der Waals surface area contributed by atoms with Gasteiger partial charge in [-0.05, 0) is 69.8 Å². The first kappa shape index (κ1) is 22.4. The molecule has 164 valence electrons. The lowest BCUT2D eigenvalue weighted by Gasteiger charge is -2.14. The van der Waals surface area contributed by atoms with Crippen LogP contribution in [0.3, 0.4) is 0 Å². The van der Waals surface area contributed by atoms with Crippen molar-refractivity contribution in [3.63, 3.8) is 0 Å². The third-order valence-corrected chi connectivity index (χ3v) is 6.41. The van der Waals surface area contributed by atoms with E-state index in [0.717, 1.165) is 44.2 Å². The Labute approximate surface area is 197 Å². The summed E-state index contributed by atoms with van der Waals surface area (Å²) in [7, 11) is 3.30. The zero-order chi connectivity index (χ0) is 22.7. The Morgan fingerprint density at radius 1 is 0.656 bits per heavy atom. The van der Waals surface area contributed by atoms with Gasteiger partial charge in [-0.1, -0.05) is 48.5 Å². The molecule has 0 fully saturated rings. The lowest BCUT2D eigenvalue weighted by Crippen LogP contribution is -2.28. The molecule has 5 heteroatoms. The van der Waals surface area contributed by atoms with E-state index in [1.165, 1.54) is 0 Å². The summed E-state index contributed by atoms with van der Waals surface area (Å²) in [5.74, 6) is 1.47. The average molecular weight is 467 g/mol. The molecule has 0 N–H and O–H groups in total. The van der Waals surface area contributed by atoms with Crippen LogP contribution >= 0.6 is 23.2 Å². The normalized spacial score (nSPS) is 13.1. The van der Waals surface area contributed by atoms with Crippen LogP contribution in [0.2, 0.25) is 0 Å². The number of carbonyl (C=O) groups is 1. The van der Waals surface area contributed by atoms with Crippen molar-refractivity contribution in [3.8, 4) is 11.5 Å². The zero-order valence-corrected chi connectivity index (χ0v) is 19.5. The third kappa shape index (κ3) is 5.01. The van der Waals surface area contributed by atoms with Crippen LogP contribution in [0.1, 0.15) is 11.1 Å². The second-order valence-corrected chi connectivity index (χ2v) is 8.89. The Hall–Kier alpha value is -2.75. The number of rotatable bonds is 8. The molecule has 0 radical (unpaired) electrons. The Morgan fingerprint density at radius 3 is 1.44 bits per heavy atom. The first-order valence-corrected chi connectivity index (χ1v) is 11.3. The highest BCUT2D eigenvalue weighted by Crippen LogP contribution is 2.25. The fourth-order valence-electron chi connectivity index (χ4n) is 3.87. The summed E-state index contributed by atoms with van der Waals surface area (Å²) in [5, 5.41) is 2.95. The van der Waals surface area contributed by atoms with Gasteiger partial charge in [0.25, 0.3) is 0 Å². The predicted molar refractivity (Wildman–Crippen MR) is 133 cm³/mol. The first-order chi connectivity index (χ1) is 15.5. The quantitative estimate of drug-likeness (QED) is 0.275. The van der Waals surface area contributed by atoms with Gasteiger partial charge in [-0.25, -0.2) is 0 Å². The van der Waals surface area contributed by atoms with E-state index in [0.29, 0.717) is 12.8 Å². The molecule has 0 saturated heterocycles. The number of carbonyl (C=O) groups excluding carboxylic acids is 1. The second kappa shape index (κ2) is 9.81. The maximum absolute atomic E-state index is 12.8. The highest BCUT2D eigenvalue weighted by molar-refractivity contribution is 6.40. The summed E-state index contributed by atoms with van der Waals surface area (Å²) in [6.45, 7) is 0. The van der Waals surface area contributed by atoms with E-state index in [4.69, 9.17) is 32.7 Å². The number of hydrogen-bond donors (Lipinski definition) is 0. The number of halogens is 2. The van der Waals surface area contributed by atoms with Crippen molar-refractivity contribution in [1.29, 1.82) is 0 Å². The minimum Gasteiger partial charge on any atom is -0.497 e. The van der Waals surface area contributed by atoms with E-state index in [-0.39, 0.29) is 5.78 Å². The van der Waals surface area contributed by atoms with Crippen molar-refractivity contribution in [2.24, 2.45) is 0 Å². The number of ether oxygens (including phenoxy) is 2. The van der Waals surface area contributed by atoms with Crippen LogP contribution in [-0.4, -0.2) is 30.8 Å². The molecule has 0 spiro atoms. The fraction of sp³-hybridized carbons (Fsp3) is 0.222.